The Kier molecular flexibility index (Phi) is 6.44. The SMILES string of the molecule is CC(c1c(Cl)ccc(F)c1Cl)S(=O)(=O)c1cc(-c2cnn(C3CCNCC3)c2)cnc1N. The van der Waals surface area contributed by atoms with Crippen molar-refractivity contribution in [2.75, 3.05) is 18.8 Å². The monoisotopic (exact) mass is 497 g/mol. The maximum absolute atomic E-state index is 14.0. The van der Waals surface area contributed by atoms with Crippen molar-refractivity contribution in [2.45, 2.75) is 36.0 Å². The van der Waals surface area contributed by atoms with Crippen LogP contribution in [0, 0.1) is 5.82 Å². The smallest absolute Gasteiger partial charge is 0.188 e. The quantitative estimate of drug-likeness (QED) is 0.505. The number of aromatic nitrogens is 3. The molecule has 0 spiro atoms. The van der Waals surface area contributed by atoms with Gasteiger partial charge < -0.3 is 11.1 Å². The molecule has 0 bridgehead atoms. The normalized spacial score (nSPS) is 16.2. The molecule has 0 radical (unpaired) electrons. The van der Waals surface area contributed by atoms with E-state index in [9.17, 15) is 12.8 Å². The first-order valence-electron chi connectivity index (χ1n) is 10.1. The lowest BCUT2D eigenvalue weighted by Gasteiger charge is -2.22. The summed E-state index contributed by atoms with van der Waals surface area (Å²) < 4.78 is 42.7. The number of nitrogens with two attached hydrogens (primary N) is 1. The van der Waals surface area contributed by atoms with Crippen molar-refractivity contribution in [1.29, 1.82) is 0 Å². The van der Waals surface area contributed by atoms with E-state index in [2.05, 4.69) is 15.4 Å². The first-order chi connectivity index (χ1) is 15.2. The minimum absolute atomic E-state index is 0.0168. The molecule has 7 nitrogen and oxygen atoms in total. The number of nitrogen functional groups attached to an aromatic ring is 1. The molecule has 1 atom stereocenters. The Bertz CT molecular complexity index is 1260. The van der Waals surface area contributed by atoms with Crippen LogP contribution in [0.2, 0.25) is 10.0 Å². The van der Waals surface area contributed by atoms with Gasteiger partial charge >= 0.3 is 0 Å². The highest BCUT2D eigenvalue weighted by Crippen LogP contribution is 2.40. The average molecular weight is 498 g/mol. The van der Waals surface area contributed by atoms with E-state index in [1.807, 2.05) is 10.9 Å². The van der Waals surface area contributed by atoms with Crippen molar-refractivity contribution < 1.29 is 12.8 Å². The second-order valence-electron chi connectivity index (χ2n) is 7.74. The van der Waals surface area contributed by atoms with Gasteiger partial charge in [0, 0.05) is 34.1 Å². The van der Waals surface area contributed by atoms with Crippen LogP contribution in [0.5, 0.6) is 0 Å². The van der Waals surface area contributed by atoms with Crippen LogP contribution in [-0.4, -0.2) is 36.3 Å². The van der Waals surface area contributed by atoms with Crippen LogP contribution in [0.15, 0.2) is 41.7 Å². The Morgan fingerprint density at radius 1 is 1.22 bits per heavy atom. The first kappa shape index (κ1) is 23.0. The number of rotatable bonds is 5. The highest BCUT2D eigenvalue weighted by Gasteiger charge is 2.32. The lowest BCUT2D eigenvalue weighted by molar-refractivity contribution is 0.343. The summed E-state index contributed by atoms with van der Waals surface area (Å²) in [6, 6.07) is 4.10. The lowest BCUT2D eigenvalue weighted by atomic mass is 10.1. The van der Waals surface area contributed by atoms with Crippen molar-refractivity contribution in [3.8, 4) is 11.1 Å². The fourth-order valence-corrected chi connectivity index (χ4v) is 6.26. The van der Waals surface area contributed by atoms with E-state index in [0.29, 0.717) is 5.56 Å². The number of piperidine rings is 1. The molecule has 1 fully saturated rings. The minimum Gasteiger partial charge on any atom is -0.383 e. The van der Waals surface area contributed by atoms with Crippen LogP contribution in [0.25, 0.3) is 11.1 Å². The molecule has 4 rings (SSSR count). The molecular weight excluding hydrogens is 476 g/mol. The van der Waals surface area contributed by atoms with Gasteiger partial charge in [0.2, 0.25) is 0 Å². The fourth-order valence-electron chi connectivity index (χ4n) is 3.86. The van der Waals surface area contributed by atoms with Gasteiger partial charge in [0.25, 0.3) is 0 Å². The van der Waals surface area contributed by atoms with Gasteiger partial charge in [-0.15, -0.1) is 0 Å². The number of nitrogens with zero attached hydrogens (tertiary/aromatic N) is 3. The number of halogens is 3. The number of hydrogen-bond donors (Lipinski definition) is 2. The van der Waals surface area contributed by atoms with Gasteiger partial charge in [0.15, 0.2) is 9.84 Å². The number of nitrogens with one attached hydrogen (secondary N) is 1. The minimum atomic E-state index is -4.09. The second-order valence-corrected chi connectivity index (χ2v) is 10.8. The Balaban J connectivity index is 1.71. The predicted molar refractivity (Wildman–Crippen MR) is 123 cm³/mol. The van der Waals surface area contributed by atoms with E-state index in [1.165, 1.54) is 25.3 Å². The van der Waals surface area contributed by atoms with E-state index in [1.54, 1.807) is 6.20 Å². The third-order valence-corrected chi connectivity index (χ3v) is 8.58. The zero-order chi connectivity index (χ0) is 23.0. The van der Waals surface area contributed by atoms with E-state index >= 15 is 0 Å². The second kappa shape index (κ2) is 8.97. The van der Waals surface area contributed by atoms with Gasteiger partial charge in [-0.2, -0.15) is 5.10 Å². The Labute approximate surface area is 195 Å². The van der Waals surface area contributed by atoms with Crippen molar-refractivity contribution in [3.63, 3.8) is 0 Å². The van der Waals surface area contributed by atoms with Gasteiger partial charge in [0.05, 0.1) is 22.5 Å². The van der Waals surface area contributed by atoms with Gasteiger partial charge in [0.1, 0.15) is 16.5 Å². The molecule has 1 saturated heterocycles. The lowest BCUT2D eigenvalue weighted by Crippen LogP contribution is -2.29. The van der Waals surface area contributed by atoms with Gasteiger partial charge in [-0.05, 0) is 51.1 Å². The predicted octanol–water partition coefficient (Wildman–Crippen LogP) is 4.43. The molecule has 1 aromatic carbocycles. The summed E-state index contributed by atoms with van der Waals surface area (Å²) in [7, 11) is -4.09. The number of benzene rings is 1. The number of sulfone groups is 1. The maximum Gasteiger partial charge on any atom is 0.188 e. The standard InChI is InChI=1S/C21H22Cl2FN5O2S/c1-12(19-16(22)2-3-17(24)20(19)23)32(30,31)18-8-13(9-27-21(18)25)14-10-28-29(11-14)15-4-6-26-7-5-15/h2-3,8-12,15,26H,4-7H2,1H3,(H2,25,27). The summed E-state index contributed by atoms with van der Waals surface area (Å²) >= 11 is 12.2. The Morgan fingerprint density at radius 3 is 2.66 bits per heavy atom. The largest absolute Gasteiger partial charge is 0.383 e. The highest BCUT2D eigenvalue weighted by atomic mass is 35.5. The van der Waals surface area contributed by atoms with Crippen molar-refractivity contribution in [2.24, 2.45) is 0 Å². The number of anilines is 1. The molecule has 1 aliphatic heterocycles. The Morgan fingerprint density at radius 2 is 1.94 bits per heavy atom. The molecule has 170 valence electrons. The van der Waals surface area contributed by atoms with Crippen LogP contribution in [0.3, 0.4) is 0 Å². The van der Waals surface area contributed by atoms with E-state index in [4.69, 9.17) is 28.9 Å². The third kappa shape index (κ3) is 4.22. The molecular formula is C21H22Cl2FN5O2S. The van der Waals surface area contributed by atoms with E-state index in [0.717, 1.165) is 37.6 Å². The fraction of sp³-hybridized carbons (Fsp3) is 0.333. The van der Waals surface area contributed by atoms with Crippen molar-refractivity contribution in [3.05, 3.63) is 58.2 Å². The van der Waals surface area contributed by atoms with E-state index < -0.39 is 20.9 Å². The van der Waals surface area contributed by atoms with Crippen LogP contribution < -0.4 is 11.1 Å². The third-order valence-electron chi connectivity index (χ3n) is 5.76. The van der Waals surface area contributed by atoms with E-state index in [-0.39, 0.29) is 32.4 Å². The Hall–Kier alpha value is -2.20. The topological polar surface area (TPSA) is 103 Å². The molecule has 0 saturated carbocycles. The highest BCUT2D eigenvalue weighted by molar-refractivity contribution is 7.91. The number of hydrogen-bond acceptors (Lipinski definition) is 6. The average Bonchev–Trinajstić information content (AvgIpc) is 3.27. The molecule has 3 aromatic rings. The van der Waals surface area contributed by atoms with Crippen LogP contribution >= 0.6 is 23.2 Å². The summed E-state index contributed by atoms with van der Waals surface area (Å²) in [6.07, 6.45) is 6.99. The summed E-state index contributed by atoms with van der Waals surface area (Å²) in [5.74, 6) is -0.909. The van der Waals surface area contributed by atoms with Gasteiger partial charge in [-0.25, -0.2) is 17.8 Å². The molecule has 3 heterocycles. The molecule has 2 aromatic heterocycles. The molecule has 3 N–H and O–H groups in total. The molecule has 32 heavy (non-hydrogen) atoms. The molecule has 11 heteroatoms. The summed E-state index contributed by atoms with van der Waals surface area (Å²) in [6.45, 7) is 3.24. The van der Waals surface area contributed by atoms with Gasteiger partial charge in [-0.3, -0.25) is 4.68 Å². The summed E-state index contributed by atoms with van der Waals surface area (Å²) in [5.41, 5.74) is 7.20. The van der Waals surface area contributed by atoms with Crippen LogP contribution in [0.1, 0.15) is 36.6 Å². The summed E-state index contributed by atoms with van der Waals surface area (Å²) in [4.78, 5) is 3.92. The molecule has 1 unspecified atom stereocenters. The van der Waals surface area contributed by atoms with Gasteiger partial charge in [-0.1, -0.05) is 23.2 Å². The maximum atomic E-state index is 14.0. The number of pyridine rings is 1. The van der Waals surface area contributed by atoms with Crippen LogP contribution in [0.4, 0.5) is 10.2 Å². The molecule has 1 aliphatic rings. The van der Waals surface area contributed by atoms with Crippen LogP contribution in [-0.2, 0) is 9.84 Å². The molecule has 0 amide bonds. The summed E-state index contributed by atoms with van der Waals surface area (Å²) in [5, 5.41) is 6.24. The zero-order valence-electron chi connectivity index (χ0n) is 17.2. The first-order valence-corrected chi connectivity index (χ1v) is 12.4. The zero-order valence-corrected chi connectivity index (χ0v) is 19.6. The van der Waals surface area contributed by atoms with Crippen molar-refractivity contribution >= 4 is 38.9 Å². The van der Waals surface area contributed by atoms with Crippen molar-refractivity contribution in [1.82, 2.24) is 20.1 Å². The molecule has 0 aliphatic carbocycles.